The van der Waals surface area contributed by atoms with Gasteiger partial charge in [0.25, 0.3) is 0 Å². The minimum Gasteiger partial charge on any atom is -0.492 e. The van der Waals surface area contributed by atoms with E-state index in [0.29, 0.717) is 19.1 Å². The Bertz CT molecular complexity index is 902. The van der Waals surface area contributed by atoms with E-state index in [4.69, 9.17) is 4.74 Å². The summed E-state index contributed by atoms with van der Waals surface area (Å²) in [6, 6.07) is 6.06. The molecule has 0 amide bonds. The molecule has 9 heteroatoms. The maximum Gasteiger partial charge on any atom is 0.242 e. The fraction of sp³-hybridized carbons (Fsp3) is 0.500. The van der Waals surface area contributed by atoms with Crippen molar-refractivity contribution in [2.75, 3.05) is 26.0 Å². The second-order valence-electron chi connectivity index (χ2n) is 7.34. The first-order valence-corrected chi connectivity index (χ1v) is 11.4. The third kappa shape index (κ3) is 6.43. The van der Waals surface area contributed by atoms with Crippen LogP contribution in [-0.2, 0) is 22.8 Å². The number of alkyl halides is 2. The van der Waals surface area contributed by atoms with Crippen LogP contribution >= 0.6 is 0 Å². The molecular formula is C20H25F2N3O3S. The minimum atomic E-state index is -3.58. The zero-order chi connectivity index (χ0) is 20.9. The highest BCUT2D eigenvalue weighted by atomic mass is 32.2. The zero-order valence-corrected chi connectivity index (χ0v) is 17.1. The van der Waals surface area contributed by atoms with Gasteiger partial charge in [-0.1, -0.05) is 6.07 Å². The predicted molar refractivity (Wildman–Crippen MR) is 105 cm³/mol. The van der Waals surface area contributed by atoms with E-state index in [0.717, 1.165) is 38.0 Å². The van der Waals surface area contributed by atoms with Crippen LogP contribution in [0, 0.1) is 5.92 Å². The number of piperidine rings is 1. The molecule has 0 saturated carbocycles. The van der Waals surface area contributed by atoms with Gasteiger partial charge in [0.15, 0.2) is 9.84 Å². The average molecular weight is 426 g/mol. The summed E-state index contributed by atoms with van der Waals surface area (Å²) in [5.41, 5.74) is 0.282. The molecule has 0 atom stereocenters. The van der Waals surface area contributed by atoms with Crippen molar-refractivity contribution in [3.63, 3.8) is 0 Å². The number of sulfone groups is 1. The van der Waals surface area contributed by atoms with Crippen molar-refractivity contribution in [3.8, 4) is 5.75 Å². The molecule has 2 heterocycles. The molecule has 158 valence electrons. The number of hydrogen-bond donors (Lipinski definition) is 0. The highest BCUT2D eigenvalue weighted by Crippen LogP contribution is 2.28. The fourth-order valence-corrected chi connectivity index (χ4v) is 4.25. The SMILES string of the molecule is CS(=O)(=O)c1cc(CC(F)F)ccc1OCC1CCN(Cc2ncccn2)CC1. The Kier molecular flexibility index (Phi) is 7.13. The van der Waals surface area contributed by atoms with Gasteiger partial charge in [0, 0.05) is 25.1 Å². The van der Waals surface area contributed by atoms with Gasteiger partial charge < -0.3 is 4.74 Å². The number of nitrogens with zero attached hydrogens (tertiary/aromatic N) is 3. The van der Waals surface area contributed by atoms with Crippen LogP contribution in [0.1, 0.15) is 24.2 Å². The molecule has 6 nitrogen and oxygen atoms in total. The second-order valence-corrected chi connectivity index (χ2v) is 9.33. The van der Waals surface area contributed by atoms with Gasteiger partial charge in [-0.25, -0.2) is 27.2 Å². The smallest absolute Gasteiger partial charge is 0.242 e. The molecule has 0 radical (unpaired) electrons. The molecule has 1 aliphatic heterocycles. The standard InChI is InChI=1S/C20H25F2N3O3S/c1-29(26,27)18-11-16(12-19(21)22)3-4-17(18)28-14-15-5-9-25(10-6-15)13-20-23-7-2-8-24-20/h2-4,7-8,11,15,19H,5-6,9-10,12-14H2,1H3. The first-order chi connectivity index (χ1) is 13.8. The van der Waals surface area contributed by atoms with Crippen LogP contribution in [0.15, 0.2) is 41.6 Å². The number of halogens is 2. The Balaban J connectivity index is 1.56. The Morgan fingerprint density at radius 1 is 1.21 bits per heavy atom. The highest BCUT2D eigenvalue weighted by Gasteiger charge is 2.22. The molecule has 29 heavy (non-hydrogen) atoms. The lowest BCUT2D eigenvalue weighted by molar-refractivity contribution is 0.133. The van der Waals surface area contributed by atoms with Gasteiger partial charge in [-0.2, -0.15) is 0 Å². The summed E-state index contributed by atoms with van der Waals surface area (Å²) in [6.07, 6.45) is 3.36. The molecule has 0 unspecified atom stereocenters. The van der Waals surface area contributed by atoms with E-state index in [1.807, 2.05) is 0 Å². The Hall–Kier alpha value is -2.13. The van der Waals surface area contributed by atoms with Gasteiger partial charge >= 0.3 is 0 Å². The van der Waals surface area contributed by atoms with Crippen LogP contribution in [0.25, 0.3) is 0 Å². The van der Waals surface area contributed by atoms with Gasteiger partial charge in [-0.3, -0.25) is 4.90 Å². The molecule has 0 spiro atoms. The van der Waals surface area contributed by atoms with Crippen molar-refractivity contribution in [1.82, 2.24) is 14.9 Å². The summed E-state index contributed by atoms with van der Waals surface area (Å²) in [6.45, 7) is 2.88. The summed E-state index contributed by atoms with van der Waals surface area (Å²) < 4.78 is 55.2. The molecule has 0 N–H and O–H groups in total. The van der Waals surface area contributed by atoms with Crippen molar-refractivity contribution in [1.29, 1.82) is 0 Å². The zero-order valence-electron chi connectivity index (χ0n) is 16.3. The third-order valence-corrected chi connectivity index (χ3v) is 6.08. The van der Waals surface area contributed by atoms with Crippen molar-refractivity contribution in [2.45, 2.75) is 37.1 Å². The lowest BCUT2D eigenvalue weighted by Crippen LogP contribution is -2.35. The number of hydrogen-bond acceptors (Lipinski definition) is 6. The largest absolute Gasteiger partial charge is 0.492 e. The van der Waals surface area contributed by atoms with Gasteiger partial charge in [0.1, 0.15) is 16.5 Å². The van der Waals surface area contributed by atoms with Gasteiger partial charge in [-0.15, -0.1) is 0 Å². The number of likely N-dealkylation sites (tertiary alicyclic amines) is 1. The molecule has 1 aromatic carbocycles. The van der Waals surface area contributed by atoms with Crippen LogP contribution in [0.4, 0.5) is 8.78 Å². The molecule has 1 fully saturated rings. The van der Waals surface area contributed by atoms with E-state index in [1.165, 1.54) is 18.2 Å². The molecule has 2 aromatic rings. The first-order valence-electron chi connectivity index (χ1n) is 9.53. The fourth-order valence-electron chi connectivity index (χ4n) is 3.40. The Morgan fingerprint density at radius 2 is 1.90 bits per heavy atom. The monoisotopic (exact) mass is 425 g/mol. The van der Waals surface area contributed by atoms with Crippen molar-refractivity contribution in [3.05, 3.63) is 48.0 Å². The summed E-state index contributed by atoms with van der Waals surface area (Å²) in [5.74, 6) is 1.32. The normalized spacial score (nSPS) is 16.3. The van der Waals surface area contributed by atoms with Crippen LogP contribution < -0.4 is 4.74 Å². The number of ether oxygens (including phenoxy) is 1. The number of rotatable bonds is 8. The average Bonchev–Trinajstić information content (AvgIpc) is 2.68. The molecule has 1 saturated heterocycles. The Morgan fingerprint density at radius 3 is 2.52 bits per heavy atom. The summed E-state index contributed by atoms with van der Waals surface area (Å²) in [7, 11) is -3.58. The molecule has 0 aliphatic carbocycles. The predicted octanol–water partition coefficient (Wildman–Crippen LogP) is 2.98. The maximum absolute atomic E-state index is 12.6. The van der Waals surface area contributed by atoms with E-state index >= 15 is 0 Å². The number of aromatic nitrogens is 2. The Labute approximate surface area is 169 Å². The van der Waals surface area contributed by atoms with Crippen LogP contribution in [-0.4, -0.2) is 55.7 Å². The van der Waals surface area contributed by atoms with E-state index < -0.39 is 22.7 Å². The van der Waals surface area contributed by atoms with Gasteiger partial charge in [0.05, 0.1) is 13.2 Å². The van der Waals surface area contributed by atoms with Crippen LogP contribution in [0.5, 0.6) is 5.75 Å². The van der Waals surface area contributed by atoms with Gasteiger partial charge in [-0.05, 0) is 55.6 Å². The maximum atomic E-state index is 12.6. The lowest BCUT2D eigenvalue weighted by atomic mass is 9.98. The topological polar surface area (TPSA) is 72.4 Å². The molecule has 1 aromatic heterocycles. The molecule has 1 aliphatic rings. The van der Waals surface area contributed by atoms with Crippen molar-refractivity contribution >= 4 is 9.84 Å². The third-order valence-electron chi connectivity index (χ3n) is 4.96. The van der Waals surface area contributed by atoms with E-state index in [2.05, 4.69) is 14.9 Å². The van der Waals surface area contributed by atoms with E-state index in [-0.39, 0.29) is 16.2 Å². The van der Waals surface area contributed by atoms with Crippen molar-refractivity contribution in [2.24, 2.45) is 5.92 Å². The summed E-state index contributed by atoms with van der Waals surface area (Å²) in [4.78, 5) is 10.7. The van der Waals surface area contributed by atoms with E-state index in [1.54, 1.807) is 18.5 Å². The van der Waals surface area contributed by atoms with Crippen LogP contribution in [0.2, 0.25) is 0 Å². The quantitative estimate of drug-likeness (QED) is 0.648. The van der Waals surface area contributed by atoms with Crippen molar-refractivity contribution < 1.29 is 21.9 Å². The molecular weight excluding hydrogens is 400 g/mol. The second kappa shape index (κ2) is 9.58. The summed E-state index contributed by atoms with van der Waals surface area (Å²) >= 11 is 0. The first kappa shape index (κ1) is 21.6. The van der Waals surface area contributed by atoms with Crippen LogP contribution in [0.3, 0.4) is 0 Å². The minimum absolute atomic E-state index is 0.0330. The molecule has 0 bridgehead atoms. The number of benzene rings is 1. The summed E-state index contributed by atoms with van der Waals surface area (Å²) in [5, 5.41) is 0. The van der Waals surface area contributed by atoms with E-state index in [9.17, 15) is 17.2 Å². The molecule has 3 rings (SSSR count). The lowest BCUT2D eigenvalue weighted by Gasteiger charge is -2.31. The van der Waals surface area contributed by atoms with Gasteiger partial charge in [0.2, 0.25) is 6.43 Å². The highest BCUT2D eigenvalue weighted by molar-refractivity contribution is 7.90.